The van der Waals surface area contributed by atoms with E-state index in [4.69, 9.17) is 0 Å². The quantitative estimate of drug-likeness (QED) is 0.777. The van der Waals surface area contributed by atoms with E-state index in [0.29, 0.717) is 30.5 Å². The van der Waals surface area contributed by atoms with Crippen LogP contribution in [0.4, 0.5) is 5.69 Å². The molecule has 2 amide bonds. The van der Waals surface area contributed by atoms with Crippen LogP contribution in [0.15, 0.2) is 24.3 Å². The Morgan fingerprint density at radius 2 is 1.87 bits per heavy atom. The van der Waals surface area contributed by atoms with Crippen LogP contribution in [-0.2, 0) is 9.59 Å². The van der Waals surface area contributed by atoms with Crippen molar-refractivity contribution in [3.63, 3.8) is 0 Å². The van der Waals surface area contributed by atoms with Gasteiger partial charge in [-0.2, -0.15) is 0 Å². The molecular formula is C17H22N2O4. The van der Waals surface area contributed by atoms with E-state index >= 15 is 0 Å². The first-order chi connectivity index (χ1) is 11.0. The summed E-state index contributed by atoms with van der Waals surface area (Å²) in [5, 5.41) is 14.9. The van der Waals surface area contributed by atoms with Crippen LogP contribution < -0.4 is 10.6 Å². The maximum atomic E-state index is 12.4. The van der Waals surface area contributed by atoms with Gasteiger partial charge in [0.2, 0.25) is 5.91 Å². The molecule has 1 aliphatic carbocycles. The van der Waals surface area contributed by atoms with E-state index in [9.17, 15) is 19.5 Å². The monoisotopic (exact) mass is 318 g/mol. The highest BCUT2D eigenvalue weighted by molar-refractivity contribution is 5.99. The highest BCUT2D eigenvalue weighted by Gasteiger charge is 2.41. The molecule has 0 aromatic heterocycles. The van der Waals surface area contributed by atoms with Crippen LogP contribution in [0.1, 0.15) is 55.8 Å². The summed E-state index contributed by atoms with van der Waals surface area (Å²) < 4.78 is 0. The van der Waals surface area contributed by atoms with E-state index < -0.39 is 17.4 Å². The van der Waals surface area contributed by atoms with E-state index in [1.807, 2.05) is 0 Å². The third-order valence-corrected chi connectivity index (χ3v) is 4.20. The van der Waals surface area contributed by atoms with Gasteiger partial charge >= 0.3 is 5.97 Å². The molecule has 0 bridgehead atoms. The molecule has 3 N–H and O–H groups in total. The molecule has 0 unspecified atom stereocenters. The summed E-state index contributed by atoms with van der Waals surface area (Å²) in [7, 11) is 0. The minimum atomic E-state index is -1.18. The number of carbonyl (C=O) groups is 3. The topological polar surface area (TPSA) is 95.5 Å². The molecule has 2 rings (SSSR count). The smallest absolute Gasteiger partial charge is 0.329 e. The first kappa shape index (κ1) is 17.0. The zero-order valence-corrected chi connectivity index (χ0v) is 13.2. The predicted molar refractivity (Wildman–Crippen MR) is 86.3 cm³/mol. The van der Waals surface area contributed by atoms with Gasteiger partial charge in [-0.1, -0.05) is 32.3 Å². The fourth-order valence-electron chi connectivity index (χ4n) is 2.82. The molecule has 0 radical (unpaired) electrons. The fourth-order valence-corrected chi connectivity index (χ4v) is 2.82. The largest absolute Gasteiger partial charge is 0.480 e. The van der Waals surface area contributed by atoms with Gasteiger partial charge in [-0.05, 0) is 31.0 Å². The SMILES string of the molecule is CCC(=O)Nc1cccc(C(=O)NC2(C(=O)O)CCCCC2)c1. The molecule has 0 spiro atoms. The van der Waals surface area contributed by atoms with Crippen molar-refractivity contribution in [2.24, 2.45) is 0 Å². The third kappa shape index (κ3) is 4.09. The normalized spacial score (nSPS) is 16.4. The van der Waals surface area contributed by atoms with Crippen molar-refractivity contribution in [2.75, 3.05) is 5.32 Å². The number of anilines is 1. The molecule has 0 aliphatic heterocycles. The summed E-state index contributed by atoms with van der Waals surface area (Å²) in [5.74, 6) is -1.56. The summed E-state index contributed by atoms with van der Waals surface area (Å²) in [4.78, 5) is 35.5. The van der Waals surface area contributed by atoms with Crippen LogP contribution >= 0.6 is 0 Å². The number of carboxylic acids is 1. The Morgan fingerprint density at radius 1 is 1.17 bits per heavy atom. The van der Waals surface area contributed by atoms with Crippen molar-refractivity contribution in [3.8, 4) is 0 Å². The van der Waals surface area contributed by atoms with Gasteiger partial charge in [-0.25, -0.2) is 4.79 Å². The van der Waals surface area contributed by atoms with Crippen molar-refractivity contribution in [1.82, 2.24) is 5.32 Å². The Bertz CT molecular complexity index is 606. The first-order valence-corrected chi connectivity index (χ1v) is 7.93. The summed E-state index contributed by atoms with van der Waals surface area (Å²) in [6, 6.07) is 6.52. The van der Waals surface area contributed by atoms with Gasteiger partial charge in [0, 0.05) is 17.7 Å². The van der Waals surface area contributed by atoms with Crippen molar-refractivity contribution in [2.45, 2.75) is 51.0 Å². The molecule has 6 nitrogen and oxygen atoms in total. The lowest BCUT2D eigenvalue weighted by Crippen LogP contribution is -2.55. The first-order valence-electron chi connectivity index (χ1n) is 7.93. The molecule has 23 heavy (non-hydrogen) atoms. The van der Waals surface area contributed by atoms with E-state index in [-0.39, 0.29) is 5.91 Å². The van der Waals surface area contributed by atoms with Crippen LogP contribution in [0.5, 0.6) is 0 Å². The number of nitrogens with one attached hydrogen (secondary N) is 2. The van der Waals surface area contributed by atoms with Gasteiger partial charge in [0.1, 0.15) is 5.54 Å². The molecule has 1 aliphatic rings. The Kier molecular flexibility index (Phi) is 5.36. The number of benzene rings is 1. The van der Waals surface area contributed by atoms with Crippen LogP contribution in [0.2, 0.25) is 0 Å². The second-order valence-electron chi connectivity index (χ2n) is 5.88. The van der Waals surface area contributed by atoms with Gasteiger partial charge in [0.05, 0.1) is 0 Å². The number of hydrogen-bond acceptors (Lipinski definition) is 3. The van der Waals surface area contributed by atoms with Gasteiger partial charge in [-0.3, -0.25) is 9.59 Å². The number of amides is 2. The molecule has 1 saturated carbocycles. The van der Waals surface area contributed by atoms with Crippen LogP contribution in [0.3, 0.4) is 0 Å². The Hall–Kier alpha value is -2.37. The number of carboxylic acid groups (broad SMARTS) is 1. The average molecular weight is 318 g/mol. The van der Waals surface area contributed by atoms with Gasteiger partial charge < -0.3 is 15.7 Å². The van der Waals surface area contributed by atoms with Gasteiger partial charge in [-0.15, -0.1) is 0 Å². The highest BCUT2D eigenvalue weighted by Crippen LogP contribution is 2.29. The summed E-state index contributed by atoms with van der Waals surface area (Å²) in [6.07, 6.45) is 3.81. The van der Waals surface area contributed by atoms with Crippen LogP contribution in [0.25, 0.3) is 0 Å². The third-order valence-electron chi connectivity index (χ3n) is 4.20. The fraction of sp³-hybridized carbons (Fsp3) is 0.471. The van der Waals surface area contributed by atoms with Crippen molar-refractivity contribution in [1.29, 1.82) is 0 Å². The second kappa shape index (κ2) is 7.26. The molecule has 0 heterocycles. The maximum absolute atomic E-state index is 12.4. The zero-order valence-electron chi connectivity index (χ0n) is 13.2. The number of hydrogen-bond donors (Lipinski definition) is 3. The number of carbonyl (C=O) groups excluding carboxylic acids is 2. The lowest BCUT2D eigenvalue weighted by Gasteiger charge is -2.34. The lowest BCUT2D eigenvalue weighted by atomic mass is 9.81. The minimum absolute atomic E-state index is 0.142. The van der Waals surface area contributed by atoms with E-state index in [1.54, 1.807) is 31.2 Å². The molecule has 1 fully saturated rings. The zero-order chi connectivity index (χ0) is 16.9. The maximum Gasteiger partial charge on any atom is 0.329 e. The van der Waals surface area contributed by atoms with Crippen molar-refractivity contribution >= 4 is 23.5 Å². The van der Waals surface area contributed by atoms with Crippen molar-refractivity contribution < 1.29 is 19.5 Å². The molecule has 1 aromatic carbocycles. The highest BCUT2D eigenvalue weighted by atomic mass is 16.4. The predicted octanol–water partition coefficient (Wildman–Crippen LogP) is 2.55. The summed E-state index contributed by atoms with van der Waals surface area (Å²) >= 11 is 0. The van der Waals surface area contributed by atoms with E-state index in [0.717, 1.165) is 19.3 Å². The number of rotatable bonds is 5. The molecule has 124 valence electrons. The van der Waals surface area contributed by atoms with E-state index in [2.05, 4.69) is 10.6 Å². The molecule has 6 heteroatoms. The van der Waals surface area contributed by atoms with Crippen LogP contribution in [-0.4, -0.2) is 28.4 Å². The standard InChI is InChI=1S/C17H22N2O4/c1-2-14(20)18-13-8-6-7-12(11-13)15(21)19-17(16(22)23)9-4-3-5-10-17/h6-8,11H,2-5,9-10H2,1H3,(H,18,20)(H,19,21)(H,22,23). The summed E-state index contributed by atoms with van der Waals surface area (Å²) in [5.41, 5.74) is -0.319. The van der Waals surface area contributed by atoms with Gasteiger partial charge in [0.25, 0.3) is 5.91 Å². The molecular weight excluding hydrogens is 296 g/mol. The van der Waals surface area contributed by atoms with Crippen molar-refractivity contribution in [3.05, 3.63) is 29.8 Å². The molecule has 0 atom stereocenters. The number of aliphatic carboxylic acids is 1. The lowest BCUT2D eigenvalue weighted by molar-refractivity contribution is -0.145. The Balaban J connectivity index is 2.14. The summed E-state index contributed by atoms with van der Waals surface area (Å²) in [6.45, 7) is 1.74. The molecule has 1 aromatic rings. The Morgan fingerprint density at radius 3 is 2.48 bits per heavy atom. The van der Waals surface area contributed by atoms with Crippen LogP contribution in [0, 0.1) is 0 Å². The Labute approximate surface area is 135 Å². The minimum Gasteiger partial charge on any atom is -0.480 e. The van der Waals surface area contributed by atoms with E-state index in [1.165, 1.54) is 0 Å². The second-order valence-corrected chi connectivity index (χ2v) is 5.88. The van der Waals surface area contributed by atoms with Gasteiger partial charge in [0.15, 0.2) is 0 Å². The average Bonchev–Trinajstić information content (AvgIpc) is 2.55. The molecule has 0 saturated heterocycles.